The lowest BCUT2D eigenvalue weighted by molar-refractivity contribution is 0.0748. The van der Waals surface area contributed by atoms with Gasteiger partial charge in [0, 0.05) is 23.1 Å². The molecule has 2 aromatic heterocycles. The Hall–Kier alpha value is -2.60. The highest BCUT2D eigenvalue weighted by molar-refractivity contribution is 5.98. The first-order valence-electron chi connectivity index (χ1n) is 7.59. The van der Waals surface area contributed by atoms with Gasteiger partial charge in [-0.1, -0.05) is 0 Å². The zero-order chi connectivity index (χ0) is 16.0. The number of aromatic nitrogens is 2. The second-order valence-corrected chi connectivity index (χ2v) is 5.83. The molecule has 4 rings (SSSR count). The summed E-state index contributed by atoms with van der Waals surface area (Å²) in [5, 5.41) is 14.3. The predicted octanol–water partition coefficient (Wildman–Crippen LogP) is 2.09. The topological polar surface area (TPSA) is 71.5 Å². The molecular formula is C17H17N3O3. The van der Waals surface area contributed by atoms with Crippen molar-refractivity contribution in [2.75, 3.05) is 6.61 Å². The van der Waals surface area contributed by atoms with Gasteiger partial charge in [0.1, 0.15) is 11.3 Å². The summed E-state index contributed by atoms with van der Waals surface area (Å²) in [5.41, 5.74) is 3.51. The van der Waals surface area contributed by atoms with Gasteiger partial charge in [0.25, 0.3) is 5.91 Å². The highest BCUT2D eigenvalue weighted by Crippen LogP contribution is 2.26. The van der Waals surface area contributed by atoms with Crippen LogP contribution in [0.25, 0.3) is 11.0 Å². The molecule has 6 nitrogen and oxygen atoms in total. The fourth-order valence-corrected chi connectivity index (χ4v) is 3.13. The maximum atomic E-state index is 12.7. The zero-order valence-electron chi connectivity index (χ0n) is 12.8. The van der Waals surface area contributed by atoms with Crippen LogP contribution in [0.5, 0.6) is 0 Å². The van der Waals surface area contributed by atoms with Crippen molar-refractivity contribution >= 4 is 16.9 Å². The summed E-state index contributed by atoms with van der Waals surface area (Å²) in [5.74, 6) is 0.833. The Morgan fingerprint density at radius 3 is 3.04 bits per heavy atom. The molecule has 23 heavy (non-hydrogen) atoms. The quantitative estimate of drug-likeness (QED) is 0.804. The van der Waals surface area contributed by atoms with Crippen LogP contribution in [-0.4, -0.2) is 32.3 Å². The lowest BCUT2D eigenvalue weighted by Gasteiger charge is -2.16. The average Bonchev–Trinajstić information content (AvgIpc) is 3.20. The van der Waals surface area contributed by atoms with Gasteiger partial charge in [-0.3, -0.25) is 9.48 Å². The molecule has 0 spiro atoms. The van der Waals surface area contributed by atoms with E-state index >= 15 is 0 Å². The van der Waals surface area contributed by atoms with E-state index in [1.165, 1.54) is 0 Å². The first kappa shape index (κ1) is 14.0. The number of aryl methyl sites for hydroxylation is 1. The third-order valence-electron chi connectivity index (χ3n) is 4.22. The molecule has 1 amide bonds. The number of carbonyl (C=O) groups is 1. The van der Waals surface area contributed by atoms with Crippen molar-refractivity contribution in [2.24, 2.45) is 0 Å². The van der Waals surface area contributed by atoms with Crippen LogP contribution in [0.4, 0.5) is 0 Å². The minimum Gasteiger partial charge on any atom is -0.461 e. The Labute approximate surface area is 132 Å². The van der Waals surface area contributed by atoms with E-state index in [1.807, 2.05) is 25.1 Å². The van der Waals surface area contributed by atoms with Crippen LogP contribution >= 0.6 is 0 Å². The molecule has 0 saturated carbocycles. The molecule has 6 heteroatoms. The van der Waals surface area contributed by atoms with Crippen molar-refractivity contribution in [3.63, 3.8) is 0 Å². The van der Waals surface area contributed by atoms with Gasteiger partial charge in [-0.15, -0.1) is 0 Å². The Morgan fingerprint density at radius 2 is 2.22 bits per heavy atom. The average molecular weight is 311 g/mol. The number of hydrogen-bond donors (Lipinski definition) is 1. The van der Waals surface area contributed by atoms with Crippen LogP contribution in [-0.2, 0) is 19.6 Å². The smallest absolute Gasteiger partial charge is 0.254 e. The van der Waals surface area contributed by atoms with Gasteiger partial charge in [-0.25, -0.2) is 0 Å². The molecule has 1 aliphatic rings. The largest absolute Gasteiger partial charge is 0.461 e. The van der Waals surface area contributed by atoms with Crippen molar-refractivity contribution in [3.05, 3.63) is 53.0 Å². The van der Waals surface area contributed by atoms with Crippen molar-refractivity contribution in [1.29, 1.82) is 0 Å². The number of furan rings is 1. The monoisotopic (exact) mass is 311 g/mol. The van der Waals surface area contributed by atoms with Crippen molar-refractivity contribution in [3.8, 4) is 0 Å². The van der Waals surface area contributed by atoms with Crippen LogP contribution in [0.3, 0.4) is 0 Å². The Morgan fingerprint density at radius 1 is 1.35 bits per heavy atom. The summed E-state index contributed by atoms with van der Waals surface area (Å²) in [6.07, 6.45) is 1.78. The molecule has 0 atom stereocenters. The predicted molar refractivity (Wildman–Crippen MR) is 83.8 cm³/mol. The summed E-state index contributed by atoms with van der Waals surface area (Å²) < 4.78 is 7.32. The molecule has 3 heterocycles. The molecule has 1 aromatic carbocycles. The number of fused-ring (bicyclic) bond motifs is 2. The van der Waals surface area contributed by atoms with E-state index in [1.54, 1.807) is 21.8 Å². The molecule has 0 aliphatic carbocycles. The van der Waals surface area contributed by atoms with Crippen LogP contribution < -0.4 is 0 Å². The van der Waals surface area contributed by atoms with Gasteiger partial charge in [0.15, 0.2) is 0 Å². The van der Waals surface area contributed by atoms with E-state index in [2.05, 4.69) is 5.10 Å². The molecule has 1 aliphatic heterocycles. The number of hydrogen-bond acceptors (Lipinski definition) is 4. The molecule has 3 aromatic rings. The highest BCUT2D eigenvalue weighted by Gasteiger charge is 2.27. The van der Waals surface area contributed by atoms with E-state index in [9.17, 15) is 4.79 Å². The Bertz CT molecular complexity index is 894. The number of benzene rings is 1. The second-order valence-electron chi connectivity index (χ2n) is 5.83. The molecule has 0 saturated heterocycles. The van der Waals surface area contributed by atoms with Crippen LogP contribution in [0.15, 0.2) is 34.9 Å². The number of rotatable bonds is 3. The zero-order valence-corrected chi connectivity index (χ0v) is 12.8. The van der Waals surface area contributed by atoms with E-state index in [-0.39, 0.29) is 12.5 Å². The number of carbonyl (C=O) groups excluding carboxylic acids is 1. The molecule has 0 radical (unpaired) electrons. The van der Waals surface area contributed by atoms with E-state index in [0.717, 1.165) is 28.0 Å². The number of nitrogens with zero attached hydrogens (tertiary/aromatic N) is 3. The van der Waals surface area contributed by atoms with Crippen LogP contribution in [0.1, 0.15) is 27.4 Å². The van der Waals surface area contributed by atoms with Gasteiger partial charge in [0.2, 0.25) is 0 Å². The number of amides is 1. The maximum absolute atomic E-state index is 12.7. The standard InChI is InChI=1S/C17H17N3O3/c1-11-6-13-7-12(2-3-16(13)23-11)17(22)19-9-14-8-18-20(4-5-21)15(14)10-19/h2-3,6-8,21H,4-5,9-10H2,1H3. The molecule has 0 unspecified atom stereocenters. The summed E-state index contributed by atoms with van der Waals surface area (Å²) in [6, 6.07) is 7.45. The van der Waals surface area contributed by atoms with Gasteiger partial charge < -0.3 is 14.4 Å². The van der Waals surface area contributed by atoms with E-state index in [4.69, 9.17) is 9.52 Å². The number of aliphatic hydroxyl groups excluding tert-OH is 1. The van der Waals surface area contributed by atoms with E-state index in [0.29, 0.717) is 25.2 Å². The van der Waals surface area contributed by atoms with Crippen molar-refractivity contribution < 1.29 is 14.3 Å². The minimum absolute atomic E-state index is 0.00231. The first-order chi connectivity index (χ1) is 11.2. The summed E-state index contributed by atoms with van der Waals surface area (Å²) in [7, 11) is 0. The lowest BCUT2D eigenvalue weighted by Crippen LogP contribution is -2.26. The second kappa shape index (κ2) is 5.24. The minimum atomic E-state index is -0.00231. The van der Waals surface area contributed by atoms with Gasteiger partial charge in [-0.2, -0.15) is 5.10 Å². The Kier molecular flexibility index (Phi) is 3.20. The normalized spacial score (nSPS) is 13.7. The maximum Gasteiger partial charge on any atom is 0.254 e. The first-order valence-corrected chi connectivity index (χ1v) is 7.59. The SMILES string of the molecule is Cc1cc2cc(C(=O)N3Cc4cnn(CCO)c4C3)ccc2o1. The molecule has 0 fully saturated rings. The summed E-state index contributed by atoms with van der Waals surface area (Å²) in [4.78, 5) is 14.5. The van der Waals surface area contributed by atoms with E-state index < -0.39 is 0 Å². The van der Waals surface area contributed by atoms with Gasteiger partial charge in [0.05, 0.1) is 31.6 Å². The van der Waals surface area contributed by atoms with Gasteiger partial charge >= 0.3 is 0 Å². The lowest BCUT2D eigenvalue weighted by atomic mass is 10.1. The highest BCUT2D eigenvalue weighted by atomic mass is 16.3. The third-order valence-corrected chi connectivity index (χ3v) is 4.22. The third kappa shape index (κ3) is 2.31. The van der Waals surface area contributed by atoms with Crippen LogP contribution in [0.2, 0.25) is 0 Å². The van der Waals surface area contributed by atoms with Crippen molar-refractivity contribution in [1.82, 2.24) is 14.7 Å². The summed E-state index contributed by atoms with van der Waals surface area (Å²) in [6.45, 7) is 3.47. The van der Waals surface area contributed by atoms with Crippen LogP contribution in [0, 0.1) is 6.92 Å². The molecular weight excluding hydrogens is 294 g/mol. The summed E-state index contributed by atoms with van der Waals surface area (Å²) >= 11 is 0. The van der Waals surface area contributed by atoms with Crippen molar-refractivity contribution in [2.45, 2.75) is 26.6 Å². The Balaban J connectivity index is 1.59. The molecule has 118 valence electrons. The fourth-order valence-electron chi connectivity index (χ4n) is 3.13. The number of aliphatic hydroxyl groups is 1. The molecule has 1 N–H and O–H groups in total. The molecule has 0 bridgehead atoms. The fraction of sp³-hybridized carbons (Fsp3) is 0.294. The van der Waals surface area contributed by atoms with Gasteiger partial charge in [-0.05, 0) is 31.2 Å².